The maximum Gasteiger partial charge on any atom is 0.0543 e. The molecule has 0 bridgehead atoms. The van der Waals surface area contributed by atoms with E-state index in [4.69, 9.17) is 0 Å². The molecule has 0 amide bonds. The van der Waals surface area contributed by atoms with Gasteiger partial charge in [-0.05, 0) is 111 Å². The zero-order valence-electron chi connectivity index (χ0n) is 20.7. The molecule has 0 aromatic heterocycles. The number of fused-ring (bicyclic) bond motifs is 4. The van der Waals surface area contributed by atoms with E-state index in [1.807, 2.05) is 11.1 Å². The fourth-order valence-electron chi connectivity index (χ4n) is 8.26. The minimum Gasteiger partial charge on any atom is -0.393 e. The van der Waals surface area contributed by atoms with Gasteiger partial charge in [0.1, 0.15) is 0 Å². The summed E-state index contributed by atoms with van der Waals surface area (Å²) in [6.45, 7) is 14.7. The van der Waals surface area contributed by atoms with Crippen molar-refractivity contribution in [3.8, 4) is 0 Å². The molecule has 0 saturated heterocycles. The summed E-state index contributed by atoms with van der Waals surface area (Å²) in [5.74, 6) is 4.56. The summed E-state index contributed by atoms with van der Waals surface area (Å²) in [7, 11) is 0. The highest BCUT2D eigenvalue weighted by molar-refractivity contribution is 5.34. The third-order valence-electron chi connectivity index (χ3n) is 10.5. The van der Waals surface area contributed by atoms with Gasteiger partial charge in [0, 0.05) is 0 Å². The van der Waals surface area contributed by atoms with Gasteiger partial charge in [-0.1, -0.05) is 64.8 Å². The van der Waals surface area contributed by atoms with E-state index in [0.29, 0.717) is 16.7 Å². The lowest BCUT2D eigenvalue weighted by molar-refractivity contribution is -0.0357. The molecule has 0 radical (unpaired) electrons. The Bertz CT molecular complexity index is 686. The van der Waals surface area contributed by atoms with Crippen LogP contribution in [0.1, 0.15) is 106 Å². The Kier molecular flexibility index (Phi) is 6.35. The second-order valence-electron chi connectivity index (χ2n) is 12.6. The van der Waals surface area contributed by atoms with Crippen molar-refractivity contribution in [1.82, 2.24) is 0 Å². The molecule has 3 saturated carbocycles. The molecule has 0 aromatic carbocycles. The Hall–Kier alpha value is -0.560. The first-order chi connectivity index (χ1) is 14.2. The van der Waals surface area contributed by atoms with Gasteiger partial charge in [-0.2, -0.15) is 0 Å². The van der Waals surface area contributed by atoms with E-state index in [1.165, 1.54) is 51.4 Å². The second kappa shape index (κ2) is 8.42. The van der Waals surface area contributed by atoms with Gasteiger partial charge in [0.15, 0.2) is 0 Å². The van der Waals surface area contributed by atoms with Crippen LogP contribution in [0.4, 0.5) is 0 Å². The standard InChI is InChI=1S/C29H48O/c1-7-21(19(2)3)9-8-20(4)22-16-27-25-11-10-23-17-24(30)12-15-29(23,6)26(25)13-14-28(27,5)18-22/h8-9,19-24,26,30H,7,10-18H2,1-6H3. The van der Waals surface area contributed by atoms with E-state index in [2.05, 4.69) is 53.7 Å². The van der Waals surface area contributed by atoms with Crippen molar-refractivity contribution in [3.05, 3.63) is 23.3 Å². The molecule has 8 unspecified atom stereocenters. The molecule has 30 heavy (non-hydrogen) atoms. The molecule has 170 valence electrons. The summed E-state index contributed by atoms with van der Waals surface area (Å²) >= 11 is 0. The molecular formula is C29H48O. The molecule has 1 nitrogen and oxygen atoms in total. The summed E-state index contributed by atoms with van der Waals surface area (Å²) < 4.78 is 0. The first-order valence-electron chi connectivity index (χ1n) is 13.3. The van der Waals surface area contributed by atoms with Gasteiger partial charge in [-0.15, -0.1) is 0 Å². The molecule has 1 N–H and O–H groups in total. The van der Waals surface area contributed by atoms with Crippen LogP contribution in [0, 0.1) is 46.3 Å². The van der Waals surface area contributed by atoms with Crippen LogP contribution < -0.4 is 0 Å². The molecule has 1 heteroatoms. The quantitative estimate of drug-likeness (QED) is 0.454. The molecule has 0 aliphatic heterocycles. The molecule has 4 rings (SSSR count). The summed E-state index contributed by atoms with van der Waals surface area (Å²) in [6, 6.07) is 0. The van der Waals surface area contributed by atoms with Crippen molar-refractivity contribution >= 4 is 0 Å². The van der Waals surface area contributed by atoms with Crippen molar-refractivity contribution in [1.29, 1.82) is 0 Å². The van der Waals surface area contributed by atoms with Crippen molar-refractivity contribution in [2.75, 3.05) is 0 Å². The van der Waals surface area contributed by atoms with Crippen molar-refractivity contribution in [3.63, 3.8) is 0 Å². The lowest BCUT2D eigenvalue weighted by atomic mass is 9.49. The van der Waals surface area contributed by atoms with Crippen LogP contribution in [-0.2, 0) is 0 Å². The van der Waals surface area contributed by atoms with Gasteiger partial charge in [0.2, 0.25) is 0 Å². The highest BCUT2D eigenvalue weighted by Gasteiger charge is 2.54. The topological polar surface area (TPSA) is 20.2 Å². The number of hydrogen-bond acceptors (Lipinski definition) is 1. The summed E-state index contributed by atoms with van der Waals surface area (Å²) in [6.07, 6.45) is 17.9. The van der Waals surface area contributed by atoms with Gasteiger partial charge in [0.25, 0.3) is 0 Å². The SMILES string of the molecule is CCC(C=CC(C)C1CC2=C3CCC4CC(O)CCC4(C)C3CCC2(C)C1)C(C)C. The van der Waals surface area contributed by atoms with Gasteiger partial charge < -0.3 is 5.11 Å². The van der Waals surface area contributed by atoms with E-state index in [0.717, 1.165) is 42.4 Å². The Morgan fingerprint density at radius 1 is 1.07 bits per heavy atom. The lowest BCUT2D eigenvalue weighted by Crippen LogP contribution is -2.47. The maximum absolute atomic E-state index is 10.3. The molecule has 0 heterocycles. The van der Waals surface area contributed by atoms with E-state index in [1.54, 1.807) is 0 Å². The zero-order chi connectivity index (χ0) is 21.7. The smallest absolute Gasteiger partial charge is 0.0543 e. The number of aliphatic hydroxyl groups excluding tert-OH is 1. The van der Waals surface area contributed by atoms with E-state index in [9.17, 15) is 5.11 Å². The monoisotopic (exact) mass is 412 g/mol. The van der Waals surface area contributed by atoms with E-state index >= 15 is 0 Å². The van der Waals surface area contributed by atoms with Crippen molar-refractivity contribution in [2.45, 2.75) is 112 Å². The van der Waals surface area contributed by atoms with Crippen LogP contribution in [0.25, 0.3) is 0 Å². The Morgan fingerprint density at radius 3 is 2.53 bits per heavy atom. The lowest BCUT2D eigenvalue weighted by Gasteiger charge is -2.56. The van der Waals surface area contributed by atoms with E-state index < -0.39 is 0 Å². The minimum atomic E-state index is -0.0348. The molecule has 0 aromatic rings. The molecule has 4 aliphatic carbocycles. The fourth-order valence-corrected chi connectivity index (χ4v) is 8.26. The van der Waals surface area contributed by atoms with Crippen LogP contribution >= 0.6 is 0 Å². The van der Waals surface area contributed by atoms with Gasteiger partial charge in [0.05, 0.1) is 6.10 Å². The molecule has 8 atom stereocenters. The van der Waals surface area contributed by atoms with Crippen LogP contribution in [-0.4, -0.2) is 11.2 Å². The van der Waals surface area contributed by atoms with Crippen molar-refractivity contribution < 1.29 is 5.11 Å². The second-order valence-corrected chi connectivity index (χ2v) is 12.6. The van der Waals surface area contributed by atoms with Gasteiger partial charge in [-0.25, -0.2) is 0 Å². The average Bonchev–Trinajstić information content (AvgIpc) is 3.06. The van der Waals surface area contributed by atoms with Crippen LogP contribution in [0.5, 0.6) is 0 Å². The summed E-state index contributed by atoms with van der Waals surface area (Å²) in [5.41, 5.74) is 4.71. The molecule has 3 fully saturated rings. The third kappa shape index (κ3) is 3.87. The van der Waals surface area contributed by atoms with Crippen LogP contribution in [0.2, 0.25) is 0 Å². The zero-order valence-corrected chi connectivity index (χ0v) is 20.7. The normalized spacial score (nSPS) is 43.5. The Balaban J connectivity index is 1.54. The predicted octanol–water partition coefficient (Wildman–Crippen LogP) is 7.94. The maximum atomic E-state index is 10.3. The predicted molar refractivity (Wildman–Crippen MR) is 128 cm³/mol. The first kappa shape index (κ1) is 22.6. The summed E-state index contributed by atoms with van der Waals surface area (Å²) in [5, 5.41) is 10.3. The number of aliphatic hydroxyl groups is 1. The molecule has 0 spiro atoms. The van der Waals surface area contributed by atoms with Crippen molar-refractivity contribution in [2.24, 2.45) is 46.3 Å². The van der Waals surface area contributed by atoms with Gasteiger partial charge in [-0.3, -0.25) is 0 Å². The molecule has 4 aliphatic rings. The Morgan fingerprint density at radius 2 is 1.83 bits per heavy atom. The minimum absolute atomic E-state index is 0.0348. The van der Waals surface area contributed by atoms with Crippen LogP contribution in [0.3, 0.4) is 0 Å². The van der Waals surface area contributed by atoms with Crippen LogP contribution in [0.15, 0.2) is 23.3 Å². The highest BCUT2D eigenvalue weighted by atomic mass is 16.3. The first-order valence-corrected chi connectivity index (χ1v) is 13.3. The Labute approximate surface area is 186 Å². The number of allylic oxidation sites excluding steroid dienone is 4. The number of hydrogen-bond donors (Lipinski definition) is 1. The van der Waals surface area contributed by atoms with E-state index in [-0.39, 0.29) is 6.10 Å². The average molecular weight is 413 g/mol. The summed E-state index contributed by atoms with van der Waals surface area (Å²) in [4.78, 5) is 0. The fraction of sp³-hybridized carbons (Fsp3) is 0.862. The number of rotatable bonds is 5. The highest BCUT2D eigenvalue weighted by Crippen LogP contribution is 2.64. The molecular weight excluding hydrogens is 364 g/mol. The largest absolute Gasteiger partial charge is 0.393 e. The third-order valence-corrected chi connectivity index (χ3v) is 10.5. The van der Waals surface area contributed by atoms with Gasteiger partial charge >= 0.3 is 0 Å².